The Balaban J connectivity index is 1.41. The van der Waals surface area contributed by atoms with Crippen LogP contribution in [0.2, 0.25) is 0 Å². The maximum Gasteiger partial charge on any atom is 0.196 e. The molecule has 0 N–H and O–H groups in total. The van der Waals surface area contributed by atoms with Crippen LogP contribution in [0.15, 0.2) is 139 Å². The van der Waals surface area contributed by atoms with Gasteiger partial charge in [0.2, 0.25) is 0 Å². The summed E-state index contributed by atoms with van der Waals surface area (Å²) in [6.45, 7) is 9.98. The summed E-state index contributed by atoms with van der Waals surface area (Å²) in [6.07, 6.45) is 4.01. The molecule has 0 amide bonds. The first-order chi connectivity index (χ1) is 21.0. The standard InChI is InChI=1S/C39H28N3P/c1-27-14-20-37-35(22-27)36-23-28(2)15-21-38(36)42(37)31-18-16-29(17-19-31)30-24-34(26-40)43(39(25-30)41-3,32-10-6-4-7-11-32)33-12-8-5-9-13-33/h4-25H,1-2H3. The van der Waals surface area contributed by atoms with Gasteiger partial charge in [0, 0.05) is 23.3 Å². The Morgan fingerprint density at radius 3 is 1.70 bits per heavy atom. The van der Waals surface area contributed by atoms with Gasteiger partial charge in [-0.15, -0.1) is 0 Å². The van der Waals surface area contributed by atoms with E-state index in [1.54, 1.807) is 0 Å². The summed E-state index contributed by atoms with van der Waals surface area (Å²) in [5.74, 6) is 0. The Bertz CT molecular complexity index is 2150. The number of rotatable bonds is 4. The average Bonchev–Trinajstić information content (AvgIpc) is 3.37. The van der Waals surface area contributed by atoms with Gasteiger partial charge in [0.25, 0.3) is 0 Å². The van der Waals surface area contributed by atoms with E-state index in [2.05, 4.69) is 114 Å². The molecule has 0 atom stereocenters. The molecule has 1 aromatic heterocycles. The SMILES string of the molecule is [C-]#[N+]C1=CC(c2ccc(-n3c4ccc(C)cc4c4cc(C)ccc43)cc2)=CC(C#N)=P1(c1ccccc1)c1ccccc1. The molecule has 7 rings (SSSR count). The predicted octanol–water partition coefficient (Wildman–Crippen LogP) is 8.92. The molecule has 0 saturated heterocycles. The van der Waals surface area contributed by atoms with Crippen molar-refractivity contribution in [1.29, 1.82) is 5.26 Å². The fraction of sp³-hybridized carbons (Fsp3) is 0.0513. The van der Waals surface area contributed by atoms with Gasteiger partial charge in [0.1, 0.15) is 0 Å². The molecule has 0 fully saturated rings. The summed E-state index contributed by atoms with van der Waals surface area (Å²) in [4.78, 5) is 4.11. The lowest BCUT2D eigenvalue weighted by Crippen LogP contribution is -2.23. The van der Waals surface area contributed by atoms with E-state index >= 15 is 0 Å². The van der Waals surface area contributed by atoms with Gasteiger partial charge in [-0.05, 0) is 84.1 Å². The number of nitriles is 1. The maximum atomic E-state index is 10.6. The number of fused-ring (bicyclic) bond motifs is 3. The van der Waals surface area contributed by atoms with E-state index in [1.807, 2.05) is 48.6 Å². The van der Waals surface area contributed by atoms with Crippen molar-refractivity contribution < 1.29 is 0 Å². The Morgan fingerprint density at radius 1 is 0.674 bits per heavy atom. The monoisotopic (exact) mass is 569 g/mol. The second-order valence-electron chi connectivity index (χ2n) is 11.0. The van der Waals surface area contributed by atoms with Crippen molar-refractivity contribution in [3.8, 4) is 11.8 Å². The van der Waals surface area contributed by atoms with Gasteiger partial charge in [-0.3, -0.25) is 0 Å². The zero-order valence-electron chi connectivity index (χ0n) is 24.0. The molecule has 5 aromatic carbocycles. The van der Waals surface area contributed by atoms with Crippen LogP contribution in [0.5, 0.6) is 0 Å². The van der Waals surface area contributed by atoms with Crippen molar-refractivity contribution in [1.82, 2.24) is 4.57 Å². The van der Waals surface area contributed by atoms with Crippen LogP contribution in [0.4, 0.5) is 0 Å². The third kappa shape index (κ3) is 4.18. The lowest BCUT2D eigenvalue weighted by atomic mass is 10.0. The Hall–Kier alpha value is -5.34. The topological polar surface area (TPSA) is 33.1 Å². The number of benzene rings is 5. The number of aryl methyl sites for hydroxylation is 2. The number of hydrogen-bond acceptors (Lipinski definition) is 1. The van der Waals surface area contributed by atoms with Gasteiger partial charge in [-0.25, -0.2) is 4.85 Å². The Kier molecular flexibility index (Phi) is 6.48. The van der Waals surface area contributed by atoms with E-state index < -0.39 is 6.89 Å². The first-order valence-electron chi connectivity index (χ1n) is 14.3. The molecule has 0 aliphatic carbocycles. The molecule has 1 aliphatic rings. The Morgan fingerprint density at radius 2 is 1.21 bits per heavy atom. The predicted molar refractivity (Wildman–Crippen MR) is 183 cm³/mol. The maximum absolute atomic E-state index is 10.6. The lowest BCUT2D eigenvalue weighted by molar-refractivity contribution is 1.18. The van der Waals surface area contributed by atoms with Crippen LogP contribution in [0.1, 0.15) is 16.7 Å². The number of allylic oxidation sites excluding steroid dienone is 3. The van der Waals surface area contributed by atoms with Gasteiger partial charge >= 0.3 is 0 Å². The van der Waals surface area contributed by atoms with E-state index in [-0.39, 0.29) is 0 Å². The first-order valence-corrected chi connectivity index (χ1v) is 16.0. The largest absolute Gasteiger partial charge is 0.309 e. The van der Waals surface area contributed by atoms with Crippen LogP contribution in [0, 0.1) is 31.8 Å². The summed E-state index contributed by atoms with van der Waals surface area (Å²) in [7, 11) is 0. The number of hydrogen-bond donors (Lipinski definition) is 0. The van der Waals surface area contributed by atoms with Gasteiger partial charge in [0.05, 0.1) is 29.0 Å². The molecule has 1 aliphatic heterocycles. The normalized spacial score (nSPS) is 14.2. The molecule has 0 bridgehead atoms. The number of nitrogens with zero attached hydrogens (tertiary/aromatic N) is 3. The molecule has 0 spiro atoms. The molecule has 6 aromatic rings. The minimum absolute atomic E-state index is 0.621. The fourth-order valence-corrected chi connectivity index (χ4v) is 10.2. The van der Waals surface area contributed by atoms with Crippen molar-refractivity contribution in [2.75, 3.05) is 0 Å². The Labute approximate surface area is 252 Å². The molecule has 43 heavy (non-hydrogen) atoms. The van der Waals surface area contributed by atoms with Crippen molar-refractivity contribution in [2.45, 2.75) is 13.8 Å². The molecular formula is C39H28N3P. The van der Waals surface area contributed by atoms with Crippen LogP contribution < -0.4 is 10.6 Å². The summed E-state index contributed by atoms with van der Waals surface area (Å²) < 4.78 is 2.32. The van der Waals surface area contributed by atoms with E-state index in [0.717, 1.165) is 27.4 Å². The van der Waals surface area contributed by atoms with E-state index in [1.165, 1.54) is 32.9 Å². The molecule has 204 valence electrons. The van der Waals surface area contributed by atoms with Crippen molar-refractivity contribution >= 4 is 50.2 Å². The van der Waals surface area contributed by atoms with E-state index in [0.29, 0.717) is 10.7 Å². The van der Waals surface area contributed by atoms with Crippen molar-refractivity contribution in [2.24, 2.45) is 0 Å². The second kappa shape index (κ2) is 10.5. The molecular weight excluding hydrogens is 541 g/mol. The summed E-state index contributed by atoms with van der Waals surface area (Å²) in [5, 5.41) is 15.8. The summed E-state index contributed by atoms with van der Waals surface area (Å²) in [5.41, 5.74) is 8.37. The molecule has 2 heterocycles. The molecule has 0 radical (unpaired) electrons. The zero-order chi connectivity index (χ0) is 29.6. The summed E-state index contributed by atoms with van der Waals surface area (Å²) in [6, 6.07) is 44.4. The van der Waals surface area contributed by atoms with Gasteiger partial charge in [-0.2, -0.15) is 5.26 Å². The molecule has 4 heteroatoms. The van der Waals surface area contributed by atoms with Gasteiger partial charge in [-0.1, -0.05) is 96.1 Å². The average molecular weight is 570 g/mol. The van der Waals surface area contributed by atoms with Crippen LogP contribution >= 0.6 is 6.89 Å². The van der Waals surface area contributed by atoms with Gasteiger partial charge in [0.15, 0.2) is 5.44 Å². The highest BCUT2D eigenvalue weighted by atomic mass is 31.2. The highest BCUT2D eigenvalue weighted by Crippen LogP contribution is 2.58. The van der Waals surface area contributed by atoms with Crippen molar-refractivity contribution in [3.63, 3.8) is 0 Å². The van der Waals surface area contributed by atoms with Crippen LogP contribution in [0.25, 0.3) is 37.9 Å². The third-order valence-corrected chi connectivity index (χ3v) is 12.3. The molecule has 0 saturated carbocycles. The van der Waals surface area contributed by atoms with E-state index in [9.17, 15) is 5.26 Å². The highest BCUT2D eigenvalue weighted by Gasteiger charge is 2.34. The summed E-state index contributed by atoms with van der Waals surface area (Å²) >= 11 is 0. The van der Waals surface area contributed by atoms with Crippen LogP contribution in [-0.4, -0.2) is 9.86 Å². The molecule has 3 nitrogen and oxygen atoms in total. The van der Waals surface area contributed by atoms with Crippen LogP contribution in [-0.2, 0) is 0 Å². The zero-order valence-corrected chi connectivity index (χ0v) is 24.9. The smallest absolute Gasteiger partial charge is 0.196 e. The second-order valence-corrected chi connectivity index (χ2v) is 14.3. The fourth-order valence-electron chi connectivity index (χ4n) is 6.35. The van der Waals surface area contributed by atoms with Crippen LogP contribution in [0.3, 0.4) is 0 Å². The minimum Gasteiger partial charge on any atom is -0.309 e. The third-order valence-electron chi connectivity index (χ3n) is 8.33. The van der Waals surface area contributed by atoms with Crippen molar-refractivity contribution in [3.05, 3.63) is 167 Å². The van der Waals surface area contributed by atoms with Gasteiger partial charge < -0.3 is 4.57 Å². The minimum atomic E-state index is -2.60. The highest BCUT2D eigenvalue weighted by molar-refractivity contribution is 7.93. The number of aromatic nitrogens is 1. The first kappa shape index (κ1) is 26.6. The lowest BCUT2D eigenvalue weighted by Gasteiger charge is -2.31. The van der Waals surface area contributed by atoms with E-state index in [4.69, 9.17) is 6.57 Å². The molecule has 0 unspecified atom stereocenters. The quantitative estimate of drug-likeness (QED) is 0.154.